The smallest absolute Gasteiger partial charge is 0.0535 e. The third-order valence-electron chi connectivity index (χ3n) is 8.60. The molecule has 0 amide bonds. The fourth-order valence-corrected chi connectivity index (χ4v) is 7.19. The Morgan fingerprint density at radius 2 is 1.26 bits per heavy atom. The first-order valence-corrected chi connectivity index (χ1v) is 12.6. The van der Waals surface area contributed by atoms with Gasteiger partial charge in [0.15, 0.2) is 0 Å². The topological polar surface area (TPSA) is 16.1 Å². The normalized spacial score (nSPS) is 14.9. The Bertz CT molecular complexity index is 1750. The molecule has 0 spiro atoms. The maximum absolute atomic E-state index is 4.49. The highest BCUT2D eigenvalue weighted by Gasteiger charge is 2.37. The van der Waals surface area contributed by atoms with E-state index < -0.39 is 0 Å². The third kappa shape index (κ3) is 2.23. The largest absolute Gasteiger partial charge is 0.309 e. The number of nitrogens with zero attached hydrogens (tertiary/aromatic N) is 2. The molecule has 0 radical (unpaired) electrons. The van der Waals surface area contributed by atoms with Crippen molar-refractivity contribution in [3.05, 3.63) is 130 Å². The molecule has 164 valence electrons. The Morgan fingerprint density at radius 3 is 2.20 bits per heavy atom. The second kappa shape index (κ2) is 6.28. The second-order valence-corrected chi connectivity index (χ2v) is 10.4. The maximum atomic E-state index is 4.49. The van der Waals surface area contributed by atoms with Crippen molar-refractivity contribution >= 4 is 17.1 Å². The maximum Gasteiger partial charge on any atom is 0.0535 e. The van der Waals surface area contributed by atoms with Crippen LogP contribution in [0.3, 0.4) is 0 Å². The van der Waals surface area contributed by atoms with E-state index in [1.807, 2.05) is 6.20 Å². The van der Waals surface area contributed by atoms with Crippen LogP contribution in [-0.4, -0.2) is 4.98 Å². The minimum atomic E-state index is 0.943. The lowest BCUT2D eigenvalue weighted by atomic mass is 9.82. The van der Waals surface area contributed by atoms with E-state index in [1.54, 1.807) is 0 Å². The monoisotopic (exact) mass is 446 g/mol. The molecule has 4 aromatic carbocycles. The number of anilines is 3. The van der Waals surface area contributed by atoms with E-state index in [-0.39, 0.29) is 0 Å². The Balaban J connectivity index is 1.35. The van der Waals surface area contributed by atoms with Gasteiger partial charge in [-0.2, -0.15) is 0 Å². The summed E-state index contributed by atoms with van der Waals surface area (Å²) in [5.74, 6) is 0. The number of benzene rings is 4. The van der Waals surface area contributed by atoms with Crippen LogP contribution in [0.15, 0.2) is 85.2 Å². The van der Waals surface area contributed by atoms with Crippen molar-refractivity contribution in [2.24, 2.45) is 0 Å². The summed E-state index contributed by atoms with van der Waals surface area (Å²) in [5, 5.41) is 0. The SMILES string of the molecule is c1ccc2c(c1)Cc1ccc3c(c1-2)-c1cc2c4c(c1C3)Cc1ccccc1N4c1ccncc1C2. The average molecular weight is 447 g/mol. The summed E-state index contributed by atoms with van der Waals surface area (Å²) in [6.45, 7) is 0. The van der Waals surface area contributed by atoms with Crippen LogP contribution < -0.4 is 4.90 Å². The molecule has 2 aliphatic carbocycles. The van der Waals surface area contributed by atoms with E-state index in [2.05, 4.69) is 88.9 Å². The van der Waals surface area contributed by atoms with Crippen molar-refractivity contribution in [2.75, 3.05) is 4.90 Å². The van der Waals surface area contributed by atoms with Gasteiger partial charge in [-0.3, -0.25) is 4.98 Å². The molecule has 3 heterocycles. The Kier molecular flexibility index (Phi) is 3.27. The first-order chi connectivity index (χ1) is 17.3. The van der Waals surface area contributed by atoms with Gasteiger partial charge in [-0.05, 0) is 97.8 Å². The molecule has 0 saturated carbocycles. The number of pyridine rings is 1. The van der Waals surface area contributed by atoms with Crippen LogP contribution in [-0.2, 0) is 25.7 Å². The van der Waals surface area contributed by atoms with Gasteiger partial charge < -0.3 is 4.90 Å². The quantitative estimate of drug-likeness (QED) is 0.240. The molecule has 2 heteroatoms. The summed E-state index contributed by atoms with van der Waals surface area (Å²) in [7, 11) is 0. The molecule has 2 aliphatic heterocycles. The fraction of sp³-hybridized carbons (Fsp3) is 0.121. The second-order valence-electron chi connectivity index (χ2n) is 10.4. The first-order valence-electron chi connectivity index (χ1n) is 12.6. The van der Waals surface area contributed by atoms with Gasteiger partial charge in [0.2, 0.25) is 0 Å². The lowest BCUT2D eigenvalue weighted by Gasteiger charge is -2.40. The zero-order chi connectivity index (χ0) is 22.7. The molecular formula is C33H22N2. The van der Waals surface area contributed by atoms with Crippen LogP contribution in [0.25, 0.3) is 22.3 Å². The zero-order valence-corrected chi connectivity index (χ0v) is 19.3. The minimum Gasteiger partial charge on any atom is -0.309 e. The Hall–Kier alpha value is -4.17. The lowest BCUT2D eigenvalue weighted by molar-refractivity contribution is 0.985. The van der Waals surface area contributed by atoms with Gasteiger partial charge in [0.1, 0.15) is 0 Å². The van der Waals surface area contributed by atoms with Crippen LogP contribution in [0.4, 0.5) is 17.1 Å². The van der Waals surface area contributed by atoms with Crippen LogP contribution in [0.1, 0.15) is 44.5 Å². The Labute approximate surface area is 204 Å². The molecule has 0 fully saturated rings. The van der Waals surface area contributed by atoms with Crippen molar-refractivity contribution in [1.82, 2.24) is 4.98 Å². The van der Waals surface area contributed by atoms with Gasteiger partial charge in [0, 0.05) is 30.9 Å². The summed E-state index contributed by atoms with van der Waals surface area (Å²) in [6, 6.07) is 27.4. The molecular weight excluding hydrogens is 424 g/mol. The molecule has 35 heavy (non-hydrogen) atoms. The minimum absolute atomic E-state index is 0.943. The van der Waals surface area contributed by atoms with Gasteiger partial charge in [-0.25, -0.2) is 0 Å². The van der Waals surface area contributed by atoms with Crippen molar-refractivity contribution in [1.29, 1.82) is 0 Å². The molecule has 4 aliphatic rings. The van der Waals surface area contributed by atoms with Crippen LogP contribution >= 0.6 is 0 Å². The van der Waals surface area contributed by atoms with Crippen LogP contribution in [0, 0.1) is 0 Å². The summed E-state index contributed by atoms with van der Waals surface area (Å²) in [5.41, 5.74) is 21.5. The molecule has 0 saturated heterocycles. The number of fused-ring (bicyclic) bond motifs is 12. The molecule has 0 unspecified atom stereocenters. The predicted octanol–water partition coefficient (Wildman–Crippen LogP) is 7.50. The third-order valence-corrected chi connectivity index (χ3v) is 8.60. The van der Waals surface area contributed by atoms with Crippen LogP contribution in [0.2, 0.25) is 0 Å². The van der Waals surface area contributed by atoms with Crippen molar-refractivity contribution in [3.63, 3.8) is 0 Å². The highest BCUT2D eigenvalue weighted by Crippen LogP contribution is 2.56. The number of rotatable bonds is 0. The molecule has 1 aromatic heterocycles. The highest BCUT2D eigenvalue weighted by atomic mass is 15.2. The highest BCUT2D eigenvalue weighted by molar-refractivity contribution is 5.99. The standard InChI is InChI=1S/C33H22N2/c1-3-7-25-19(5-1)13-21-9-10-22-16-26-27(32(22)31(21)25)17-23-14-24-18-34-12-11-30(24)35-29-8-4-2-6-20(29)15-28(26)33(23)35/h1-12,17-18H,13-16H2. The van der Waals surface area contributed by atoms with E-state index in [0.29, 0.717) is 0 Å². The van der Waals surface area contributed by atoms with E-state index in [9.17, 15) is 0 Å². The Morgan fingerprint density at radius 1 is 0.543 bits per heavy atom. The summed E-state index contributed by atoms with van der Waals surface area (Å²) in [6.07, 6.45) is 8.02. The van der Waals surface area contributed by atoms with Gasteiger partial charge in [-0.15, -0.1) is 0 Å². The van der Waals surface area contributed by atoms with Crippen LogP contribution in [0.5, 0.6) is 0 Å². The zero-order valence-electron chi connectivity index (χ0n) is 19.3. The van der Waals surface area contributed by atoms with Gasteiger partial charge in [0.05, 0.1) is 11.4 Å². The van der Waals surface area contributed by atoms with Crippen molar-refractivity contribution in [2.45, 2.75) is 25.7 Å². The summed E-state index contributed by atoms with van der Waals surface area (Å²) >= 11 is 0. The fourth-order valence-electron chi connectivity index (χ4n) is 7.19. The van der Waals surface area contributed by atoms with E-state index in [0.717, 1.165) is 25.7 Å². The van der Waals surface area contributed by atoms with E-state index >= 15 is 0 Å². The summed E-state index contributed by atoms with van der Waals surface area (Å²) < 4.78 is 0. The van der Waals surface area contributed by atoms with Gasteiger partial charge >= 0.3 is 0 Å². The first kappa shape index (κ1) is 18.2. The van der Waals surface area contributed by atoms with Crippen molar-refractivity contribution < 1.29 is 0 Å². The van der Waals surface area contributed by atoms with Gasteiger partial charge in [0.25, 0.3) is 0 Å². The number of hydrogen-bond donors (Lipinski definition) is 0. The molecule has 9 rings (SSSR count). The van der Waals surface area contributed by atoms with E-state index in [4.69, 9.17) is 0 Å². The molecule has 2 nitrogen and oxygen atoms in total. The number of para-hydroxylation sites is 1. The predicted molar refractivity (Wildman–Crippen MR) is 141 cm³/mol. The molecule has 0 bridgehead atoms. The van der Waals surface area contributed by atoms with Crippen molar-refractivity contribution in [3.8, 4) is 22.3 Å². The van der Waals surface area contributed by atoms with E-state index in [1.165, 1.54) is 83.8 Å². The summed E-state index contributed by atoms with van der Waals surface area (Å²) in [4.78, 5) is 7.01. The lowest BCUT2D eigenvalue weighted by Crippen LogP contribution is -2.25. The molecule has 0 N–H and O–H groups in total. The van der Waals surface area contributed by atoms with Gasteiger partial charge in [-0.1, -0.05) is 54.6 Å². The number of aromatic nitrogens is 1. The number of hydrogen-bond acceptors (Lipinski definition) is 2. The molecule has 0 atom stereocenters. The average Bonchev–Trinajstić information content (AvgIpc) is 3.46. The molecule has 5 aromatic rings.